The van der Waals surface area contributed by atoms with E-state index in [1.165, 1.54) is 13.1 Å². The molecule has 118 valence electrons. The monoisotopic (exact) mass is 338 g/mol. The lowest BCUT2D eigenvalue weighted by atomic mass is 10.3. The first-order valence-corrected chi connectivity index (χ1v) is 8.73. The van der Waals surface area contributed by atoms with Gasteiger partial charge in [0.05, 0.1) is 10.7 Å². The van der Waals surface area contributed by atoms with Crippen molar-refractivity contribution in [1.29, 1.82) is 0 Å². The van der Waals surface area contributed by atoms with Crippen molar-refractivity contribution in [1.82, 2.24) is 4.72 Å². The molecule has 0 aromatic heterocycles. The molecule has 0 aliphatic carbocycles. The smallest absolute Gasteiger partial charge is 0.291 e. The summed E-state index contributed by atoms with van der Waals surface area (Å²) in [6.07, 6.45) is 0. The van der Waals surface area contributed by atoms with Crippen LogP contribution in [0.1, 0.15) is 0 Å². The molecule has 1 rings (SSSR count). The first-order valence-electron chi connectivity index (χ1n) is 5.53. The Hall–Kier alpha value is -1.76. The van der Waals surface area contributed by atoms with E-state index >= 15 is 0 Å². The van der Waals surface area contributed by atoms with Gasteiger partial charge in [0.15, 0.2) is 4.90 Å². The van der Waals surface area contributed by atoms with Crippen molar-refractivity contribution in [3.8, 4) is 0 Å². The number of nitro benzene ring substituents is 1. The maximum atomic E-state index is 12.0. The van der Waals surface area contributed by atoms with Crippen molar-refractivity contribution >= 4 is 31.4 Å². The van der Waals surface area contributed by atoms with E-state index in [0.717, 1.165) is 12.1 Å². The predicted octanol–water partition coefficient (Wildman–Crippen LogP) is -0.797. The molecule has 0 amide bonds. The molecular weight excluding hydrogens is 324 g/mol. The van der Waals surface area contributed by atoms with Gasteiger partial charge in [-0.2, -0.15) is 0 Å². The number of nitrogens with one attached hydrogen (secondary N) is 2. The lowest BCUT2D eigenvalue weighted by Crippen LogP contribution is -2.31. The fourth-order valence-electron chi connectivity index (χ4n) is 1.44. The van der Waals surface area contributed by atoms with Crippen LogP contribution >= 0.6 is 0 Å². The fourth-order valence-corrected chi connectivity index (χ4v) is 3.14. The zero-order valence-corrected chi connectivity index (χ0v) is 12.6. The number of hydrogen-bond donors (Lipinski definition) is 3. The van der Waals surface area contributed by atoms with Gasteiger partial charge in [-0.25, -0.2) is 26.7 Å². The van der Waals surface area contributed by atoms with E-state index < -0.39 is 47.9 Å². The number of hydrogen-bond acceptors (Lipinski definition) is 7. The van der Waals surface area contributed by atoms with E-state index in [9.17, 15) is 26.9 Å². The van der Waals surface area contributed by atoms with Crippen LogP contribution in [0.5, 0.6) is 0 Å². The summed E-state index contributed by atoms with van der Waals surface area (Å²) >= 11 is 0. The second kappa shape index (κ2) is 6.34. The highest BCUT2D eigenvalue weighted by Crippen LogP contribution is 2.26. The quantitative estimate of drug-likeness (QED) is 0.433. The molecule has 0 aliphatic heterocycles. The molecule has 0 saturated heterocycles. The molecule has 0 saturated carbocycles. The third-order valence-electron chi connectivity index (χ3n) is 2.41. The molecule has 1 aromatic carbocycles. The zero-order valence-electron chi connectivity index (χ0n) is 10.9. The second-order valence-corrected chi connectivity index (χ2v) is 7.42. The van der Waals surface area contributed by atoms with Gasteiger partial charge in [-0.1, -0.05) is 0 Å². The molecule has 0 heterocycles. The lowest BCUT2D eigenvalue weighted by Gasteiger charge is -2.08. The highest BCUT2D eigenvalue weighted by atomic mass is 32.2. The van der Waals surface area contributed by atoms with Crippen LogP contribution in [0.3, 0.4) is 0 Å². The van der Waals surface area contributed by atoms with Crippen molar-refractivity contribution in [2.24, 2.45) is 5.14 Å². The number of nitro groups is 1. The first-order chi connectivity index (χ1) is 9.57. The molecule has 0 aliphatic rings. The molecule has 0 unspecified atom stereocenters. The van der Waals surface area contributed by atoms with Gasteiger partial charge in [-0.05, 0) is 12.1 Å². The average molecular weight is 338 g/mol. The third-order valence-corrected chi connectivity index (χ3v) is 4.69. The average Bonchev–Trinajstić information content (AvgIpc) is 2.36. The molecule has 10 nitrogen and oxygen atoms in total. The van der Waals surface area contributed by atoms with Crippen LogP contribution < -0.4 is 15.2 Å². The van der Waals surface area contributed by atoms with Crippen molar-refractivity contribution in [2.45, 2.75) is 4.90 Å². The Kier molecular flexibility index (Phi) is 5.22. The van der Waals surface area contributed by atoms with E-state index in [-0.39, 0.29) is 0 Å². The van der Waals surface area contributed by atoms with Gasteiger partial charge in [0, 0.05) is 25.3 Å². The summed E-state index contributed by atoms with van der Waals surface area (Å²) in [4.78, 5) is 9.55. The highest BCUT2D eigenvalue weighted by molar-refractivity contribution is 7.90. The molecule has 12 heteroatoms. The Morgan fingerprint density at radius 2 is 1.90 bits per heavy atom. The molecule has 4 N–H and O–H groups in total. The summed E-state index contributed by atoms with van der Waals surface area (Å²) in [6, 6.07) is 3.47. The Balaban J connectivity index is 3.10. The van der Waals surface area contributed by atoms with Crippen LogP contribution in [0.2, 0.25) is 0 Å². The van der Waals surface area contributed by atoms with E-state index in [1.54, 1.807) is 0 Å². The summed E-state index contributed by atoms with van der Waals surface area (Å²) in [5, 5.41) is 18.3. The van der Waals surface area contributed by atoms with Gasteiger partial charge in [0.1, 0.15) is 0 Å². The van der Waals surface area contributed by atoms with Crippen LogP contribution in [0, 0.1) is 10.1 Å². The van der Waals surface area contributed by atoms with Crippen LogP contribution in [-0.2, 0) is 20.0 Å². The lowest BCUT2D eigenvalue weighted by molar-refractivity contribution is -0.387. The molecule has 0 bridgehead atoms. The van der Waals surface area contributed by atoms with Gasteiger partial charge < -0.3 is 5.32 Å². The number of primary sulfonamides is 1. The zero-order chi connectivity index (χ0) is 16.3. The van der Waals surface area contributed by atoms with Crippen molar-refractivity contribution in [3.05, 3.63) is 28.3 Å². The molecule has 0 radical (unpaired) electrons. The number of benzene rings is 1. The van der Waals surface area contributed by atoms with Crippen molar-refractivity contribution in [3.63, 3.8) is 0 Å². The van der Waals surface area contributed by atoms with Crippen molar-refractivity contribution < 1.29 is 21.8 Å². The normalized spacial score (nSPS) is 12.1. The minimum absolute atomic E-state index is 0.366. The Bertz CT molecular complexity index is 744. The SMILES string of the molecule is CNc1ccc(S(=O)(=O)NCCS(N)(=O)=O)c([N+](=O)[O-])c1. The molecule has 0 spiro atoms. The first kappa shape index (κ1) is 17.3. The fraction of sp³-hybridized carbons (Fsp3) is 0.333. The summed E-state index contributed by atoms with van der Waals surface area (Å²) in [5.74, 6) is -0.616. The molecule has 1 aromatic rings. The van der Waals surface area contributed by atoms with Crippen LogP contribution in [0.25, 0.3) is 0 Å². The number of anilines is 1. The largest absolute Gasteiger partial charge is 0.388 e. The van der Waals surface area contributed by atoms with Crippen LogP contribution in [-0.4, -0.2) is 41.1 Å². The summed E-state index contributed by atoms with van der Waals surface area (Å²) in [6.45, 7) is -0.480. The summed E-state index contributed by atoms with van der Waals surface area (Å²) < 4.78 is 47.4. The number of nitrogens with two attached hydrogens (primary N) is 1. The summed E-state index contributed by atoms with van der Waals surface area (Å²) in [5.41, 5.74) is -0.254. The molecule has 0 fully saturated rings. The van der Waals surface area contributed by atoms with E-state index in [2.05, 4.69) is 5.32 Å². The minimum atomic E-state index is -4.22. The topological polar surface area (TPSA) is 162 Å². The Labute approximate surface area is 121 Å². The predicted molar refractivity (Wildman–Crippen MR) is 75.8 cm³/mol. The maximum Gasteiger partial charge on any atom is 0.291 e. The van der Waals surface area contributed by atoms with Gasteiger partial charge in [-0.15, -0.1) is 0 Å². The van der Waals surface area contributed by atoms with Gasteiger partial charge >= 0.3 is 0 Å². The van der Waals surface area contributed by atoms with E-state index in [4.69, 9.17) is 5.14 Å². The molecule has 0 atom stereocenters. The number of sulfonamides is 2. The molecular formula is C9H14N4O6S2. The standard InChI is InChI=1S/C9H14N4O6S2/c1-11-7-2-3-9(8(6-7)13(14)15)21(18,19)12-4-5-20(10,16)17/h2-3,6,11-12H,4-5H2,1H3,(H2,10,16,17). The Morgan fingerprint density at radius 1 is 1.29 bits per heavy atom. The maximum absolute atomic E-state index is 12.0. The second-order valence-electron chi connectivity index (χ2n) is 3.95. The van der Waals surface area contributed by atoms with Crippen molar-refractivity contribution in [2.75, 3.05) is 24.7 Å². The number of nitrogens with zero attached hydrogens (tertiary/aromatic N) is 1. The minimum Gasteiger partial charge on any atom is -0.388 e. The third kappa shape index (κ3) is 4.93. The number of rotatable bonds is 7. The van der Waals surface area contributed by atoms with E-state index in [1.807, 2.05) is 4.72 Å². The van der Waals surface area contributed by atoms with Gasteiger partial charge in [-0.3, -0.25) is 10.1 Å². The van der Waals surface area contributed by atoms with Crippen LogP contribution in [0.4, 0.5) is 11.4 Å². The highest BCUT2D eigenvalue weighted by Gasteiger charge is 2.26. The van der Waals surface area contributed by atoms with Gasteiger partial charge in [0.25, 0.3) is 5.69 Å². The van der Waals surface area contributed by atoms with Crippen LogP contribution in [0.15, 0.2) is 23.1 Å². The Morgan fingerprint density at radius 3 is 2.38 bits per heavy atom. The molecule has 21 heavy (non-hydrogen) atoms. The van der Waals surface area contributed by atoms with E-state index in [0.29, 0.717) is 5.69 Å². The van der Waals surface area contributed by atoms with Gasteiger partial charge in [0.2, 0.25) is 20.0 Å². The summed E-state index contributed by atoms with van der Waals surface area (Å²) in [7, 11) is -6.53.